The van der Waals surface area contributed by atoms with Crippen LogP contribution < -0.4 is 0 Å². The summed E-state index contributed by atoms with van der Waals surface area (Å²) in [5, 5.41) is 10.6. The molecule has 0 spiro atoms. The minimum absolute atomic E-state index is 0.0320. The van der Waals surface area contributed by atoms with Crippen LogP contribution in [0.2, 0.25) is 0 Å². The van der Waals surface area contributed by atoms with Crippen LogP contribution in [-0.4, -0.2) is 96.7 Å². The maximum atomic E-state index is 13.1. The van der Waals surface area contributed by atoms with Gasteiger partial charge >= 0.3 is 39.5 Å². The lowest BCUT2D eigenvalue weighted by molar-refractivity contribution is -0.161. The molecule has 0 aromatic carbocycles. The molecule has 100 heavy (non-hydrogen) atoms. The molecule has 19 heteroatoms. The first kappa shape index (κ1) is 95.2. The summed E-state index contributed by atoms with van der Waals surface area (Å²) in [6.07, 6.45) is 80.3. The van der Waals surface area contributed by atoms with Crippen LogP contribution in [0, 0.1) is 0 Å². The van der Waals surface area contributed by atoms with Gasteiger partial charge in [0.25, 0.3) is 0 Å². The number of carbonyl (C=O) groups excluding carboxylic acids is 4. The van der Waals surface area contributed by atoms with Crippen molar-refractivity contribution in [2.24, 2.45) is 0 Å². The van der Waals surface area contributed by atoms with Crippen LogP contribution in [0.25, 0.3) is 0 Å². The van der Waals surface area contributed by atoms with Gasteiger partial charge in [-0.2, -0.15) is 0 Å². The monoisotopic (exact) mass is 1440 g/mol. The van der Waals surface area contributed by atoms with Gasteiger partial charge in [-0.25, -0.2) is 9.13 Å². The number of rotatable bonds is 71. The second-order valence-corrected chi connectivity index (χ2v) is 28.1. The number of aliphatic hydroxyl groups is 1. The van der Waals surface area contributed by atoms with Gasteiger partial charge in [0.2, 0.25) is 0 Å². The first-order valence-electron chi connectivity index (χ1n) is 38.4. The number of aliphatic hydroxyl groups excluding tert-OH is 1. The van der Waals surface area contributed by atoms with Gasteiger partial charge in [-0.05, 0) is 122 Å². The molecule has 17 nitrogen and oxygen atoms in total. The molecule has 0 aliphatic heterocycles. The Hall–Kier alpha value is -4.80. The topological polar surface area (TPSA) is 237 Å². The Bertz CT molecular complexity index is 2420. The molecule has 0 amide bonds. The number of allylic oxidation sites excluding steroid dienone is 22. The first-order chi connectivity index (χ1) is 48.7. The van der Waals surface area contributed by atoms with Crippen molar-refractivity contribution in [1.82, 2.24) is 0 Å². The lowest BCUT2D eigenvalue weighted by Gasteiger charge is -2.21. The average Bonchev–Trinajstić information content (AvgIpc) is 1.02. The van der Waals surface area contributed by atoms with Crippen LogP contribution in [0.4, 0.5) is 0 Å². The minimum atomic E-state index is -4.99. The van der Waals surface area contributed by atoms with Crippen LogP contribution in [0.5, 0.6) is 0 Å². The van der Waals surface area contributed by atoms with Crippen molar-refractivity contribution >= 4 is 39.5 Å². The Labute approximate surface area is 605 Å². The summed E-state index contributed by atoms with van der Waals surface area (Å²) in [6.45, 7) is 4.48. The molecule has 0 fully saturated rings. The fraction of sp³-hybridized carbons (Fsp3) is 0.679. The molecule has 0 heterocycles. The summed E-state index contributed by atoms with van der Waals surface area (Å²) >= 11 is 0. The Morgan fingerprint density at radius 2 is 0.550 bits per heavy atom. The summed E-state index contributed by atoms with van der Waals surface area (Å²) in [5.74, 6) is -2.31. The normalized spacial score (nSPS) is 14.7. The zero-order valence-electron chi connectivity index (χ0n) is 62.3. The van der Waals surface area contributed by atoms with Gasteiger partial charge in [-0.1, -0.05) is 283 Å². The van der Waals surface area contributed by atoms with Gasteiger partial charge in [0, 0.05) is 25.7 Å². The standard InChI is InChI=1S/C81H136O17P2/c1-5-9-13-17-21-25-29-32-34-36-37-39-41-44-47-50-54-58-62-66-78(83)91-71-76(97-80(85)67-63-59-55-51-45-28-24-20-16-12-8-4)73-95-99(87,88)93-69-75(82)70-94-100(89,90)96-74-77(98-81(86)68-64-60-56-52-48-42-31-27-23-19-15-11-7-3)72-92-79(84)65-61-57-53-49-46-43-40-38-35-33-30-26-22-18-14-10-6-2/h9-10,13-14,20-22,24-26,32-35,37,39-40,43-44,47,54,58,75-77,82H,5-8,11-12,15-19,23,27-31,36,38,41-42,45-46,48-53,55-57,59-74H2,1-4H3,(H,87,88)(H,89,90)/b13-9-,14-10-,24-20-,25-21-,26-22-,34-32-,35-33-,39-37-,43-40-,47-44-,58-54-. The molecule has 0 aromatic heterocycles. The van der Waals surface area contributed by atoms with Crippen molar-refractivity contribution in [3.05, 3.63) is 134 Å². The van der Waals surface area contributed by atoms with Crippen molar-refractivity contribution < 1.29 is 80.2 Å². The van der Waals surface area contributed by atoms with Crippen LogP contribution in [0.15, 0.2) is 134 Å². The van der Waals surface area contributed by atoms with Crippen LogP contribution in [-0.2, 0) is 65.4 Å². The number of unbranched alkanes of at least 4 members (excludes halogenated alkanes) is 23. The molecule has 5 atom stereocenters. The summed E-state index contributed by atoms with van der Waals surface area (Å²) in [7, 11) is -9.98. The van der Waals surface area contributed by atoms with Crippen LogP contribution >= 0.6 is 15.6 Å². The highest BCUT2D eigenvalue weighted by Gasteiger charge is 2.30. The quantitative estimate of drug-likeness (QED) is 0.0169. The van der Waals surface area contributed by atoms with E-state index in [1.807, 2.05) is 18.2 Å². The number of carbonyl (C=O) groups is 4. The van der Waals surface area contributed by atoms with Crippen molar-refractivity contribution in [1.29, 1.82) is 0 Å². The fourth-order valence-corrected chi connectivity index (χ4v) is 11.4. The number of phosphoric acid groups is 2. The second-order valence-electron chi connectivity index (χ2n) is 25.2. The van der Waals surface area contributed by atoms with Gasteiger partial charge < -0.3 is 33.8 Å². The van der Waals surface area contributed by atoms with Gasteiger partial charge in [0.1, 0.15) is 19.3 Å². The third-order valence-electron chi connectivity index (χ3n) is 15.6. The third kappa shape index (κ3) is 71.6. The summed E-state index contributed by atoms with van der Waals surface area (Å²) < 4.78 is 68.3. The summed E-state index contributed by atoms with van der Waals surface area (Å²) in [6, 6.07) is 0. The first-order valence-corrected chi connectivity index (χ1v) is 41.4. The molecule has 0 aliphatic rings. The number of hydrogen-bond acceptors (Lipinski definition) is 15. The van der Waals surface area contributed by atoms with E-state index in [4.69, 9.17) is 37.0 Å². The van der Waals surface area contributed by atoms with Crippen molar-refractivity contribution in [2.45, 2.75) is 316 Å². The van der Waals surface area contributed by atoms with Crippen LogP contribution in [0.3, 0.4) is 0 Å². The number of phosphoric ester groups is 2. The van der Waals surface area contributed by atoms with E-state index >= 15 is 0 Å². The van der Waals surface area contributed by atoms with E-state index < -0.39 is 97.5 Å². The van der Waals surface area contributed by atoms with Gasteiger partial charge in [0.15, 0.2) is 12.2 Å². The highest BCUT2D eigenvalue weighted by molar-refractivity contribution is 7.47. The Morgan fingerprint density at radius 3 is 0.900 bits per heavy atom. The van der Waals surface area contributed by atoms with Crippen LogP contribution in [0.1, 0.15) is 297 Å². The van der Waals surface area contributed by atoms with E-state index in [-0.39, 0.29) is 25.7 Å². The molecule has 0 rings (SSSR count). The molecule has 0 saturated carbocycles. The maximum absolute atomic E-state index is 13.1. The Morgan fingerprint density at radius 1 is 0.290 bits per heavy atom. The highest BCUT2D eigenvalue weighted by Crippen LogP contribution is 2.45. The molecule has 3 N–H and O–H groups in total. The van der Waals surface area contributed by atoms with E-state index in [1.165, 1.54) is 64.2 Å². The van der Waals surface area contributed by atoms with Crippen molar-refractivity contribution in [3.8, 4) is 0 Å². The van der Waals surface area contributed by atoms with E-state index in [0.29, 0.717) is 32.1 Å². The highest BCUT2D eigenvalue weighted by atomic mass is 31.2. The van der Waals surface area contributed by atoms with Gasteiger partial charge in [-0.15, -0.1) is 0 Å². The molecular formula is C81H136O17P2. The SMILES string of the molecule is CC/C=C\C/C=C\C/C=C\C/C=C\C/C=C\C/C=C\CCC(=O)OCC(COP(=O)(O)OCC(O)COP(=O)(O)OCC(COC(=O)CCCCCC/C=C\C/C=C\C/C=C\C/C=C\CC)OC(=O)CCCCCCCCCCCCCCC)OC(=O)CCCCCCC/C=C\CCCC. The molecule has 0 aromatic rings. The predicted octanol–water partition coefficient (Wildman–Crippen LogP) is 22.1. The molecular weight excluding hydrogens is 1310 g/mol. The smallest absolute Gasteiger partial charge is 0.462 e. The summed E-state index contributed by atoms with van der Waals surface area (Å²) in [5.41, 5.74) is 0. The predicted molar refractivity (Wildman–Crippen MR) is 408 cm³/mol. The molecule has 0 bridgehead atoms. The number of hydrogen-bond donors (Lipinski definition) is 3. The zero-order chi connectivity index (χ0) is 73.2. The van der Waals surface area contributed by atoms with Crippen molar-refractivity contribution in [2.75, 3.05) is 39.6 Å². The maximum Gasteiger partial charge on any atom is 0.472 e. The largest absolute Gasteiger partial charge is 0.472 e. The molecule has 572 valence electrons. The zero-order valence-corrected chi connectivity index (χ0v) is 64.1. The minimum Gasteiger partial charge on any atom is -0.462 e. The van der Waals surface area contributed by atoms with Gasteiger partial charge in [0.05, 0.1) is 26.4 Å². The average molecular weight is 1440 g/mol. The van der Waals surface area contributed by atoms with E-state index in [1.54, 1.807) is 0 Å². The molecule has 0 saturated heterocycles. The lowest BCUT2D eigenvalue weighted by atomic mass is 10.0. The number of ether oxygens (including phenoxy) is 4. The third-order valence-corrected chi connectivity index (χ3v) is 17.5. The van der Waals surface area contributed by atoms with E-state index in [2.05, 4.69) is 143 Å². The molecule has 0 aliphatic carbocycles. The molecule has 0 radical (unpaired) electrons. The number of esters is 4. The fourth-order valence-electron chi connectivity index (χ4n) is 9.81. The summed E-state index contributed by atoms with van der Waals surface area (Å²) in [4.78, 5) is 72.8. The lowest BCUT2D eigenvalue weighted by Crippen LogP contribution is -2.30. The molecule has 5 unspecified atom stereocenters. The Kier molecular flexibility index (Phi) is 69.1. The second kappa shape index (κ2) is 72.5. The van der Waals surface area contributed by atoms with Gasteiger partial charge in [-0.3, -0.25) is 37.3 Å². The van der Waals surface area contributed by atoms with E-state index in [9.17, 15) is 43.2 Å². The Balaban J connectivity index is 5.39. The van der Waals surface area contributed by atoms with E-state index in [0.717, 1.165) is 148 Å². The van der Waals surface area contributed by atoms with Crippen molar-refractivity contribution in [3.63, 3.8) is 0 Å².